The lowest BCUT2D eigenvalue weighted by Crippen LogP contribution is -2.50. The largest absolute Gasteiger partial charge is 0.364 e. The SMILES string of the molecule is C=CN1CC(Nc2cc3c(cc2CC)N(C)C(NCC(F)P)S3)=NC(=O)N1C/C(C=C(C)C)=C/N=C. The quantitative estimate of drug-likeness (QED) is 0.252. The van der Waals surface area contributed by atoms with Crippen molar-refractivity contribution < 1.29 is 9.18 Å². The molecule has 2 heterocycles. The minimum Gasteiger partial charge on any atom is -0.349 e. The lowest BCUT2D eigenvalue weighted by Gasteiger charge is -2.36. The number of benzene rings is 1. The van der Waals surface area contributed by atoms with Gasteiger partial charge in [-0.2, -0.15) is 4.99 Å². The molecular formula is C25H35FN7OPS. The van der Waals surface area contributed by atoms with Gasteiger partial charge in [0.2, 0.25) is 0 Å². The maximum Gasteiger partial charge on any atom is 0.364 e. The summed E-state index contributed by atoms with van der Waals surface area (Å²) < 4.78 is 13.3. The van der Waals surface area contributed by atoms with Crippen molar-refractivity contribution in [2.24, 2.45) is 9.98 Å². The van der Waals surface area contributed by atoms with Crippen molar-refractivity contribution in [3.63, 3.8) is 0 Å². The summed E-state index contributed by atoms with van der Waals surface area (Å²) in [6.07, 6.45) is 6.02. The third kappa shape index (κ3) is 6.75. The lowest BCUT2D eigenvalue weighted by atomic mass is 10.1. The molecule has 0 aliphatic carbocycles. The summed E-state index contributed by atoms with van der Waals surface area (Å²) in [6, 6.07) is 3.83. The molecule has 8 nitrogen and oxygen atoms in total. The number of carbonyl (C=O) groups is 1. The van der Waals surface area contributed by atoms with E-state index in [1.807, 2.05) is 27.0 Å². The summed E-state index contributed by atoms with van der Waals surface area (Å²) in [5.74, 6) is -0.461. The molecule has 0 aromatic heterocycles. The van der Waals surface area contributed by atoms with Crippen LogP contribution in [0.4, 0.5) is 20.6 Å². The number of rotatable bonds is 10. The van der Waals surface area contributed by atoms with Gasteiger partial charge in [0.1, 0.15) is 17.2 Å². The Bertz CT molecular complexity index is 1100. The number of fused-ring (bicyclic) bond motifs is 1. The minimum absolute atomic E-state index is 0.0507. The van der Waals surface area contributed by atoms with Gasteiger partial charge < -0.3 is 10.2 Å². The molecule has 11 heteroatoms. The summed E-state index contributed by atoms with van der Waals surface area (Å²) in [7, 11) is 4.17. The number of hydrazine groups is 1. The molecule has 3 atom stereocenters. The zero-order valence-corrected chi connectivity index (χ0v) is 23.3. The smallest absolute Gasteiger partial charge is 0.349 e. The van der Waals surface area contributed by atoms with Crippen LogP contribution in [0.1, 0.15) is 26.3 Å². The second kappa shape index (κ2) is 12.5. The van der Waals surface area contributed by atoms with Gasteiger partial charge in [0.15, 0.2) is 0 Å². The van der Waals surface area contributed by atoms with E-state index in [9.17, 15) is 9.18 Å². The first kappa shape index (κ1) is 27.9. The molecule has 36 heavy (non-hydrogen) atoms. The molecule has 2 aliphatic rings. The number of alkyl halides is 1. The van der Waals surface area contributed by atoms with Crippen LogP contribution in [-0.4, -0.2) is 66.7 Å². The Labute approximate surface area is 219 Å². The monoisotopic (exact) mass is 531 g/mol. The van der Waals surface area contributed by atoms with Crippen molar-refractivity contribution >= 4 is 51.0 Å². The summed E-state index contributed by atoms with van der Waals surface area (Å²) in [6.45, 7) is 14.4. The second-order valence-corrected chi connectivity index (χ2v) is 10.6. The number of hydrogen-bond acceptors (Lipinski definition) is 7. The van der Waals surface area contributed by atoms with Gasteiger partial charge in [-0.15, -0.1) is 0 Å². The topological polar surface area (TPSA) is 75.6 Å². The van der Waals surface area contributed by atoms with E-state index >= 15 is 0 Å². The Morgan fingerprint density at radius 1 is 1.44 bits per heavy atom. The fourth-order valence-electron chi connectivity index (χ4n) is 3.99. The zero-order valence-electron chi connectivity index (χ0n) is 21.3. The highest BCUT2D eigenvalue weighted by atomic mass is 32.2. The second-order valence-electron chi connectivity index (χ2n) is 8.75. The van der Waals surface area contributed by atoms with Crippen LogP contribution < -0.4 is 15.5 Å². The molecule has 1 aromatic carbocycles. The number of nitrogens with zero attached hydrogens (tertiary/aromatic N) is 5. The number of aliphatic imine (C=N–C) groups is 2. The number of aryl methyl sites for hydroxylation is 1. The summed E-state index contributed by atoms with van der Waals surface area (Å²) >= 11 is 1.64. The van der Waals surface area contributed by atoms with Gasteiger partial charge >= 0.3 is 6.03 Å². The molecule has 0 saturated carbocycles. The summed E-state index contributed by atoms with van der Waals surface area (Å²) in [5, 5.41) is 9.89. The molecule has 0 saturated heterocycles. The number of amidine groups is 1. The van der Waals surface area contributed by atoms with Gasteiger partial charge in [-0.3, -0.25) is 15.3 Å². The molecule has 0 spiro atoms. The number of amides is 2. The molecule has 0 bridgehead atoms. The van der Waals surface area contributed by atoms with Crippen LogP contribution >= 0.6 is 21.0 Å². The maximum absolute atomic E-state index is 13.3. The average molecular weight is 532 g/mol. The molecule has 194 valence electrons. The van der Waals surface area contributed by atoms with Crippen molar-refractivity contribution in [3.05, 3.63) is 53.9 Å². The summed E-state index contributed by atoms with van der Waals surface area (Å²) in [5.41, 5.74) is 4.98. The van der Waals surface area contributed by atoms with Gasteiger partial charge in [0.05, 0.1) is 18.8 Å². The van der Waals surface area contributed by atoms with Crippen LogP contribution in [0.3, 0.4) is 0 Å². The molecule has 3 rings (SSSR count). The predicted octanol–water partition coefficient (Wildman–Crippen LogP) is 4.99. The number of urea groups is 1. The van der Waals surface area contributed by atoms with Gasteiger partial charge in [0, 0.05) is 36.6 Å². The van der Waals surface area contributed by atoms with Gasteiger partial charge in [-0.05, 0) is 50.3 Å². The number of anilines is 2. The van der Waals surface area contributed by atoms with Crippen LogP contribution in [0.25, 0.3) is 0 Å². The van der Waals surface area contributed by atoms with E-state index < -0.39 is 11.9 Å². The number of allylic oxidation sites excluding steroid dienone is 1. The predicted molar refractivity (Wildman–Crippen MR) is 154 cm³/mol. The number of halogens is 1. The first-order valence-electron chi connectivity index (χ1n) is 11.7. The Morgan fingerprint density at radius 2 is 2.19 bits per heavy atom. The van der Waals surface area contributed by atoms with Gasteiger partial charge in [0.25, 0.3) is 0 Å². The van der Waals surface area contributed by atoms with Crippen LogP contribution in [0.5, 0.6) is 0 Å². The minimum atomic E-state index is -0.998. The molecular weight excluding hydrogens is 496 g/mol. The Morgan fingerprint density at radius 3 is 2.81 bits per heavy atom. The first-order chi connectivity index (χ1) is 17.2. The Balaban J connectivity index is 1.81. The third-order valence-corrected chi connectivity index (χ3v) is 7.17. The fraction of sp³-hybridized carbons (Fsp3) is 0.400. The Kier molecular flexibility index (Phi) is 9.70. The van der Waals surface area contributed by atoms with Crippen molar-refractivity contribution in [2.75, 3.05) is 36.9 Å². The van der Waals surface area contributed by atoms with Gasteiger partial charge in [-0.1, -0.05) is 46.2 Å². The number of nitrogens with one attached hydrogen (secondary N) is 2. The number of thioether (sulfide) groups is 1. The fourth-order valence-corrected chi connectivity index (χ4v) is 5.33. The third-order valence-electron chi connectivity index (χ3n) is 5.65. The lowest BCUT2D eigenvalue weighted by molar-refractivity contribution is 0.0826. The van der Waals surface area contributed by atoms with Crippen molar-refractivity contribution in [1.82, 2.24) is 15.3 Å². The highest BCUT2D eigenvalue weighted by molar-refractivity contribution is 8.00. The number of carbonyl (C=O) groups excluding carboxylic acids is 1. The van der Waals surface area contributed by atoms with E-state index in [1.165, 1.54) is 5.01 Å². The molecule has 2 amide bonds. The zero-order chi connectivity index (χ0) is 26.4. The molecule has 3 unspecified atom stereocenters. The number of hydrogen-bond donors (Lipinski definition) is 2. The van der Waals surface area contributed by atoms with Crippen molar-refractivity contribution in [3.8, 4) is 0 Å². The molecule has 2 N–H and O–H groups in total. The Hall–Kier alpha value is -2.68. The van der Waals surface area contributed by atoms with E-state index in [0.717, 1.165) is 39.4 Å². The van der Waals surface area contributed by atoms with Crippen LogP contribution in [-0.2, 0) is 6.42 Å². The van der Waals surface area contributed by atoms with Crippen LogP contribution in [0.2, 0.25) is 0 Å². The molecule has 0 radical (unpaired) electrons. The van der Waals surface area contributed by atoms with Crippen LogP contribution in [0, 0.1) is 0 Å². The van der Waals surface area contributed by atoms with E-state index in [-0.39, 0.29) is 12.0 Å². The molecule has 0 fully saturated rings. The average Bonchev–Trinajstić information content (AvgIpc) is 3.12. The van der Waals surface area contributed by atoms with E-state index in [0.29, 0.717) is 18.9 Å². The molecule has 1 aromatic rings. The molecule has 2 aliphatic heterocycles. The van der Waals surface area contributed by atoms with Crippen molar-refractivity contribution in [1.29, 1.82) is 0 Å². The van der Waals surface area contributed by atoms with Crippen molar-refractivity contribution in [2.45, 2.75) is 43.5 Å². The summed E-state index contributed by atoms with van der Waals surface area (Å²) in [4.78, 5) is 24.4. The maximum atomic E-state index is 13.3. The normalized spacial score (nSPS) is 18.6. The van der Waals surface area contributed by atoms with Gasteiger partial charge in [-0.25, -0.2) is 14.2 Å². The highest BCUT2D eigenvalue weighted by Crippen LogP contribution is 2.44. The van der Waals surface area contributed by atoms with E-state index in [1.54, 1.807) is 29.2 Å². The first-order valence-corrected chi connectivity index (χ1v) is 13.3. The van der Waals surface area contributed by atoms with Crippen LogP contribution in [0.15, 0.2) is 63.2 Å². The highest BCUT2D eigenvalue weighted by Gasteiger charge is 2.30. The van der Waals surface area contributed by atoms with E-state index in [2.05, 4.69) is 67.1 Å². The standard InChI is InChI=1S/C25H35FN7OPS/c1-7-18-10-20-21(36-25(31(20)6)28-13-22(26)35)11-19(18)29-23-15-32(8-2)33(24(34)30-23)14-17(12-27-5)9-16(3)4/h8-12,22,25,28H,2,5,7,13-15,35H2,1,3-4,6H3,(H,29,30,34)/b17-12+. The van der Waals surface area contributed by atoms with E-state index in [4.69, 9.17) is 0 Å².